The highest BCUT2D eigenvalue weighted by Gasteiger charge is 2.25. The monoisotopic (exact) mass is 247 g/mol. The summed E-state index contributed by atoms with van der Waals surface area (Å²) in [7, 11) is 0. The standard InChI is InChI=1S/C11H13N5O2/c1-2-18-11(17)9-8-10(13-6-12-9)16(15-14-8)5-7-3-4-7/h6-7H,2-5H2,1H3. The van der Waals surface area contributed by atoms with Gasteiger partial charge in [0.25, 0.3) is 0 Å². The third-order valence-electron chi connectivity index (χ3n) is 2.90. The van der Waals surface area contributed by atoms with E-state index in [1.807, 2.05) is 0 Å². The van der Waals surface area contributed by atoms with E-state index in [2.05, 4.69) is 20.3 Å². The van der Waals surface area contributed by atoms with E-state index in [1.54, 1.807) is 11.6 Å². The van der Waals surface area contributed by atoms with Crippen molar-refractivity contribution in [3.8, 4) is 0 Å². The fraction of sp³-hybridized carbons (Fsp3) is 0.545. The lowest BCUT2D eigenvalue weighted by Crippen LogP contribution is -2.09. The molecule has 0 atom stereocenters. The Balaban J connectivity index is 2.00. The van der Waals surface area contributed by atoms with Crippen LogP contribution in [0.4, 0.5) is 0 Å². The maximum absolute atomic E-state index is 11.7. The SMILES string of the molecule is CCOC(=O)c1ncnc2c1nnn2CC1CC1. The van der Waals surface area contributed by atoms with Gasteiger partial charge in [-0.15, -0.1) is 5.10 Å². The number of hydrogen-bond donors (Lipinski definition) is 0. The Morgan fingerprint density at radius 1 is 1.50 bits per heavy atom. The Labute approximate surface area is 103 Å². The summed E-state index contributed by atoms with van der Waals surface area (Å²) >= 11 is 0. The van der Waals surface area contributed by atoms with Gasteiger partial charge in [0, 0.05) is 6.54 Å². The lowest BCUT2D eigenvalue weighted by Gasteiger charge is -2.01. The second-order valence-electron chi connectivity index (χ2n) is 4.33. The van der Waals surface area contributed by atoms with Crippen LogP contribution in [0.25, 0.3) is 11.2 Å². The van der Waals surface area contributed by atoms with Crippen LogP contribution < -0.4 is 0 Å². The lowest BCUT2D eigenvalue weighted by molar-refractivity contribution is 0.0521. The van der Waals surface area contributed by atoms with Crippen LogP contribution in [-0.4, -0.2) is 37.5 Å². The fourth-order valence-electron chi connectivity index (χ4n) is 1.81. The third kappa shape index (κ3) is 1.92. The molecule has 0 N–H and O–H groups in total. The molecule has 0 bridgehead atoms. The van der Waals surface area contributed by atoms with Crippen LogP contribution in [0.15, 0.2) is 6.33 Å². The van der Waals surface area contributed by atoms with Crippen molar-refractivity contribution in [2.75, 3.05) is 6.61 Å². The van der Waals surface area contributed by atoms with E-state index < -0.39 is 5.97 Å². The molecule has 0 aromatic carbocycles. The largest absolute Gasteiger partial charge is 0.461 e. The molecule has 0 amide bonds. The van der Waals surface area contributed by atoms with Gasteiger partial charge in [-0.1, -0.05) is 5.21 Å². The van der Waals surface area contributed by atoms with Gasteiger partial charge in [0.05, 0.1) is 6.61 Å². The third-order valence-corrected chi connectivity index (χ3v) is 2.90. The van der Waals surface area contributed by atoms with Crippen LogP contribution in [0.3, 0.4) is 0 Å². The quantitative estimate of drug-likeness (QED) is 0.743. The minimum Gasteiger partial charge on any atom is -0.461 e. The number of aromatic nitrogens is 5. The van der Waals surface area contributed by atoms with E-state index in [1.165, 1.54) is 19.2 Å². The topological polar surface area (TPSA) is 82.8 Å². The van der Waals surface area contributed by atoms with Gasteiger partial charge in [-0.25, -0.2) is 19.4 Å². The highest BCUT2D eigenvalue weighted by molar-refractivity contribution is 5.98. The number of hydrogen-bond acceptors (Lipinski definition) is 6. The van der Waals surface area contributed by atoms with Crippen LogP contribution >= 0.6 is 0 Å². The van der Waals surface area contributed by atoms with Crippen molar-refractivity contribution in [1.82, 2.24) is 25.0 Å². The van der Waals surface area contributed by atoms with Gasteiger partial charge in [-0.2, -0.15) is 0 Å². The summed E-state index contributed by atoms with van der Waals surface area (Å²) in [6.07, 6.45) is 3.79. The van der Waals surface area contributed by atoms with Crippen molar-refractivity contribution in [3.05, 3.63) is 12.0 Å². The summed E-state index contributed by atoms with van der Waals surface area (Å²) in [5, 5.41) is 8.02. The van der Waals surface area contributed by atoms with E-state index in [9.17, 15) is 4.79 Å². The number of carbonyl (C=O) groups excluding carboxylic acids is 1. The Morgan fingerprint density at radius 3 is 3.06 bits per heavy atom. The summed E-state index contributed by atoms with van der Waals surface area (Å²) in [5.74, 6) is 0.180. The first kappa shape index (κ1) is 11.1. The number of rotatable bonds is 4. The van der Waals surface area contributed by atoms with Crippen LogP contribution in [0.2, 0.25) is 0 Å². The molecule has 0 unspecified atom stereocenters. The minimum absolute atomic E-state index is 0.184. The number of ether oxygens (including phenoxy) is 1. The molecule has 94 valence electrons. The predicted octanol–water partition coefficient (Wildman–Crippen LogP) is 0.808. The van der Waals surface area contributed by atoms with Crippen molar-refractivity contribution in [1.29, 1.82) is 0 Å². The van der Waals surface area contributed by atoms with Crippen LogP contribution in [0.1, 0.15) is 30.3 Å². The van der Waals surface area contributed by atoms with Gasteiger partial charge >= 0.3 is 5.97 Å². The summed E-state index contributed by atoms with van der Waals surface area (Å²) in [5.41, 5.74) is 1.19. The highest BCUT2D eigenvalue weighted by atomic mass is 16.5. The van der Waals surface area contributed by atoms with E-state index in [-0.39, 0.29) is 5.69 Å². The zero-order chi connectivity index (χ0) is 12.5. The molecular formula is C11H13N5O2. The Bertz CT molecular complexity index is 590. The van der Waals surface area contributed by atoms with Gasteiger partial charge in [-0.05, 0) is 25.7 Å². The molecule has 1 aliphatic carbocycles. The second-order valence-corrected chi connectivity index (χ2v) is 4.33. The maximum Gasteiger partial charge on any atom is 0.359 e. The van der Waals surface area contributed by atoms with Crippen molar-refractivity contribution in [2.24, 2.45) is 5.92 Å². The van der Waals surface area contributed by atoms with E-state index in [4.69, 9.17) is 4.74 Å². The fourth-order valence-corrected chi connectivity index (χ4v) is 1.81. The average molecular weight is 247 g/mol. The highest BCUT2D eigenvalue weighted by Crippen LogP contribution is 2.31. The number of esters is 1. The minimum atomic E-state index is -0.483. The Hall–Kier alpha value is -2.05. The lowest BCUT2D eigenvalue weighted by atomic mass is 10.3. The van der Waals surface area contributed by atoms with Gasteiger partial charge in [0.2, 0.25) is 0 Å². The molecule has 3 rings (SSSR count). The molecule has 0 spiro atoms. The maximum atomic E-state index is 11.7. The molecule has 7 nitrogen and oxygen atoms in total. The summed E-state index contributed by atoms with van der Waals surface area (Å²) in [6, 6.07) is 0. The molecule has 1 fully saturated rings. The van der Waals surface area contributed by atoms with Gasteiger partial charge in [0.15, 0.2) is 16.9 Å². The molecule has 1 aliphatic rings. The van der Waals surface area contributed by atoms with Crippen LogP contribution in [0.5, 0.6) is 0 Å². The number of nitrogens with zero attached hydrogens (tertiary/aromatic N) is 5. The molecule has 0 radical (unpaired) electrons. The Morgan fingerprint density at radius 2 is 2.33 bits per heavy atom. The van der Waals surface area contributed by atoms with Crippen molar-refractivity contribution < 1.29 is 9.53 Å². The van der Waals surface area contributed by atoms with Gasteiger partial charge in [0.1, 0.15) is 6.33 Å². The molecule has 0 aliphatic heterocycles. The molecule has 7 heteroatoms. The van der Waals surface area contributed by atoms with E-state index in [0.29, 0.717) is 23.7 Å². The molecule has 2 aromatic heterocycles. The number of carbonyl (C=O) groups is 1. The zero-order valence-electron chi connectivity index (χ0n) is 10.0. The van der Waals surface area contributed by atoms with E-state index in [0.717, 1.165) is 6.54 Å². The molecule has 18 heavy (non-hydrogen) atoms. The van der Waals surface area contributed by atoms with Gasteiger partial charge < -0.3 is 4.74 Å². The second kappa shape index (κ2) is 4.32. The molecular weight excluding hydrogens is 234 g/mol. The van der Waals surface area contributed by atoms with E-state index >= 15 is 0 Å². The smallest absolute Gasteiger partial charge is 0.359 e. The van der Waals surface area contributed by atoms with Crippen molar-refractivity contribution >= 4 is 17.1 Å². The summed E-state index contributed by atoms with van der Waals surface area (Å²) in [6.45, 7) is 2.86. The Kier molecular flexibility index (Phi) is 2.66. The van der Waals surface area contributed by atoms with Crippen molar-refractivity contribution in [3.63, 3.8) is 0 Å². The first-order valence-electron chi connectivity index (χ1n) is 6.01. The molecule has 1 saturated carbocycles. The predicted molar refractivity (Wildman–Crippen MR) is 61.8 cm³/mol. The molecule has 2 aromatic rings. The zero-order valence-corrected chi connectivity index (χ0v) is 10.0. The van der Waals surface area contributed by atoms with Crippen LogP contribution in [-0.2, 0) is 11.3 Å². The first-order valence-corrected chi connectivity index (χ1v) is 6.01. The number of fused-ring (bicyclic) bond motifs is 1. The summed E-state index contributed by atoms with van der Waals surface area (Å²) in [4.78, 5) is 19.8. The molecule has 0 saturated heterocycles. The first-order chi connectivity index (χ1) is 8.79. The summed E-state index contributed by atoms with van der Waals surface area (Å²) < 4.78 is 6.67. The molecule has 2 heterocycles. The van der Waals surface area contributed by atoms with Gasteiger partial charge in [-0.3, -0.25) is 0 Å². The average Bonchev–Trinajstić information content (AvgIpc) is 3.09. The normalized spacial score (nSPS) is 14.9. The van der Waals surface area contributed by atoms with Crippen LogP contribution in [0, 0.1) is 5.92 Å². The van der Waals surface area contributed by atoms with Crippen molar-refractivity contribution in [2.45, 2.75) is 26.3 Å².